The monoisotopic (exact) mass is 425 g/mol. The maximum atomic E-state index is 9.80. The molecule has 4 aliphatic carbocycles. The molecule has 2 nitrogen and oxygen atoms in total. The van der Waals surface area contributed by atoms with E-state index in [0.29, 0.717) is 16.7 Å². The average molecular weight is 426 g/mol. The molecule has 0 aliphatic heterocycles. The number of fused-ring (bicyclic) bond motifs is 5. The van der Waals surface area contributed by atoms with Crippen molar-refractivity contribution in [1.82, 2.24) is 0 Å². The molecule has 0 aromatic carbocycles. The Balaban J connectivity index is 1.51. The van der Waals surface area contributed by atoms with Crippen molar-refractivity contribution in [1.29, 1.82) is 5.26 Å². The van der Waals surface area contributed by atoms with Gasteiger partial charge in [0.05, 0.1) is 18.8 Å². The first kappa shape index (κ1) is 23.2. The van der Waals surface area contributed by atoms with E-state index < -0.39 is 0 Å². The molecule has 0 radical (unpaired) electrons. The summed E-state index contributed by atoms with van der Waals surface area (Å²) in [5.41, 5.74) is 1.80. The Bertz CT molecular complexity index is 732. The molecule has 0 bridgehead atoms. The van der Waals surface area contributed by atoms with Crippen LogP contribution in [0, 0.1) is 63.6 Å². The lowest BCUT2D eigenvalue weighted by Gasteiger charge is -2.60. The minimum atomic E-state index is 0.304. The Morgan fingerprint density at radius 1 is 1.00 bits per heavy atom. The van der Waals surface area contributed by atoms with E-state index in [4.69, 9.17) is 4.74 Å². The van der Waals surface area contributed by atoms with E-state index in [1.165, 1.54) is 57.8 Å². The molecule has 0 heterocycles. The van der Waals surface area contributed by atoms with E-state index >= 15 is 0 Å². The number of hydrogen-bond donors (Lipinski definition) is 0. The fraction of sp³-hybridized carbons (Fsp3) is 0.897. The van der Waals surface area contributed by atoms with Crippen molar-refractivity contribution in [2.24, 2.45) is 52.3 Å². The van der Waals surface area contributed by atoms with Crippen LogP contribution in [0.5, 0.6) is 0 Å². The van der Waals surface area contributed by atoms with Crippen LogP contribution in [0.15, 0.2) is 11.3 Å². The average Bonchev–Trinajstić information content (AvgIpc) is 3.09. The van der Waals surface area contributed by atoms with Crippen LogP contribution in [0.4, 0.5) is 0 Å². The first-order valence-electron chi connectivity index (χ1n) is 13.4. The molecule has 2 heteroatoms. The van der Waals surface area contributed by atoms with Gasteiger partial charge in [-0.2, -0.15) is 5.26 Å². The van der Waals surface area contributed by atoms with Gasteiger partial charge in [-0.25, -0.2) is 0 Å². The van der Waals surface area contributed by atoms with E-state index in [1.54, 1.807) is 7.11 Å². The van der Waals surface area contributed by atoms with Crippen LogP contribution in [0.3, 0.4) is 0 Å². The SMILES string of the molecule is COC1=C(C#N)CC2(C)C(CCC3C2CCC2(C)C(C(C)CCCC(C)C)CCC32)C1. The van der Waals surface area contributed by atoms with Gasteiger partial charge in [-0.05, 0) is 97.2 Å². The summed E-state index contributed by atoms with van der Waals surface area (Å²) >= 11 is 0. The van der Waals surface area contributed by atoms with Gasteiger partial charge in [0.1, 0.15) is 5.76 Å². The zero-order valence-corrected chi connectivity index (χ0v) is 21.2. The molecule has 0 aromatic heterocycles. The molecule has 8 unspecified atom stereocenters. The molecule has 31 heavy (non-hydrogen) atoms. The Hall–Kier alpha value is -0.970. The number of allylic oxidation sites excluding steroid dienone is 2. The van der Waals surface area contributed by atoms with Crippen LogP contribution in [0.1, 0.15) is 105 Å². The highest BCUT2D eigenvalue weighted by Gasteiger charge is 2.60. The largest absolute Gasteiger partial charge is 0.500 e. The van der Waals surface area contributed by atoms with Gasteiger partial charge < -0.3 is 4.74 Å². The van der Waals surface area contributed by atoms with Gasteiger partial charge in [-0.15, -0.1) is 0 Å². The van der Waals surface area contributed by atoms with Gasteiger partial charge in [0.2, 0.25) is 0 Å². The van der Waals surface area contributed by atoms with E-state index in [9.17, 15) is 5.26 Å². The molecule has 3 fully saturated rings. The Labute approximate surface area is 192 Å². The van der Waals surface area contributed by atoms with Crippen LogP contribution in [0.2, 0.25) is 0 Å². The summed E-state index contributed by atoms with van der Waals surface area (Å²) in [5, 5.41) is 9.80. The van der Waals surface area contributed by atoms with Crippen LogP contribution in [-0.2, 0) is 4.74 Å². The zero-order chi connectivity index (χ0) is 22.4. The van der Waals surface area contributed by atoms with Crippen molar-refractivity contribution in [3.05, 3.63) is 11.3 Å². The molecule has 8 atom stereocenters. The number of nitriles is 1. The van der Waals surface area contributed by atoms with Gasteiger partial charge in [-0.1, -0.05) is 53.9 Å². The number of ether oxygens (including phenoxy) is 1. The summed E-state index contributed by atoms with van der Waals surface area (Å²) in [6.07, 6.45) is 14.7. The quantitative estimate of drug-likeness (QED) is 0.430. The minimum absolute atomic E-state index is 0.304. The third-order valence-electron chi connectivity index (χ3n) is 11.0. The maximum Gasteiger partial charge on any atom is 0.109 e. The minimum Gasteiger partial charge on any atom is -0.500 e. The lowest BCUT2D eigenvalue weighted by atomic mass is 9.44. The molecule has 0 aromatic rings. The van der Waals surface area contributed by atoms with Gasteiger partial charge in [-0.3, -0.25) is 0 Å². The topological polar surface area (TPSA) is 33.0 Å². The van der Waals surface area contributed by atoms with E-state index in [1.807, 2.05) is 0 Å². The standard InChI is InChI=1S/C29H47NO/c1-19(2)8-7-9-20(3)24-12-13-25-23-11-10-22-16-27(31-6)21(18-30)17-29(22,5)26(23)14-15-28(24,25)4/h19-20,22-26H,7-17H2,1-6H3. The van der Waals surface area contributed by atoms with E-state index in [-0.39, 0.29) is 0 Å². The Morgan fingerprint density at radius 2 is 1.74 bits per heavy atom. The first-order chi connectivity index (χ1) is 14.7. The predicted octanol–water partition coefficient (Wildman–Crippen LogP) is 8.14. The molecule has 0 amide bonds. The fourth-order valence-corrected chi connectivity index (χ4v) is 9.31. The third kappa shape index (κ3) is 3.87. The number of rotatable bonds is 6. The lowest BCUT2D eigenvalue weighted by Crippen LogP contribution is -2.53. The molecule has 174 valence electrons. The van der Waals surface area contributed by atoms with Crippen LogP contribution < -0.4 is 0 Å². The molecular formula is C29H47NO. The van der Waals surface area contributed by atoms with Gasteiger partial charge in [0.15, 0.2) is 0 Å². The molecular weight excluding hydrogens is 378 g/mol. The number of methoxy groups -OCH3 is 1. The smallest absolute Gasteiger partial charge is 0.109 e. The highest BCUT2D eigenvalue weighted by Crippen LogP contribution is 2.68. The first-order valence-corrected chi connectivity index (χ1v) is 13.4. The lowest BCUT2D eigenvalue weighted by molar-refractivity contribution is -0.105. The van der Waals surface area contributed by atoms with E-state index in [2.05, 4.69) is 40.7 Å². The van der Waals surface area contributed by atoms with E-state index in [0.717, 1.165) is 59.7 Å². The molecule has 0 spiro atoms. The van der Waals surface area contributed by atoms with Crippen LogP contribution >= 0.6 is 0 Å². The molecule has 0 saturated heterocycles. The van der Waals surface area contributed by atoms with Crippen molar-refractivity contribution in [2.45, 2.75) is 105 Å². The second-order valence-corrected chi connectivity index (χ2v) is 12.8. The highest BCUT2D eigenvalue weighted by molar-refractivity contribution is 5.31. The third-order valence-corrected chi connectivity index (χ3v) is 11.0. The maximum absolute atomic E-state index is 9.80. The summed E-state index contributed by atoms with van der Waals surface area (Å²) in [6.45, 7) is 12.5. The fourth-order valence-electron chi connectivity index (χ4n) is 9.31. The molecule has 3 saturated carbocycles. The second-order valence-electron chi connectivity index (χ2n) is 12.8. The van der Waals surface area contributed by atoms with Crippen molar-refractivity contribution < 1.29 is 4.74 Å². The second kappa shape index (κ2) is 8.76. The Kier molecular flexibility index (Phi) is 6.55. The van der Waals surface area contributed by atoms with Crippen molar-refractivity contribution >= 4 is 0 Å². The molecule has 4 aliphatic rings. The normalized spacial score (nSPS) is 43.1. The summed E-state index contributed by atoms with van der Waals surface area (Å²) < 4.78 is 5.65. The van der Waals surface area contributed by atoms with Crippen molar-refractivity contribution in [2.75, 3.05) is 7.11 Å². The summed E-state index contributed by atoms with van der Waals surface area (Å²) in [4.78, 5) is 0. The van der Waals surface area contributed by atoms with Crippen LogP contribution in [-0.4, -0.2) is 7.11 Å². The summed E-state index contributed by atoms with van der Waals surface area (Å²) in [6, 6.07) is 2.52. The van der Waals surface area contributed by atoms with Crippen LogP contribution in [0.25, 0.3) is 0 Å². The Morgan fingerprint density at radius 3 is 2.42 bits per heavy atom. The van der Waals surface area contributed by atoms with Gasteiger partial charge in [0.25, 0.3) is 0 Å². The number of hydrogen-bond acceptors (Lipinski definition) is 2. The van der Waals surface area contributed by atoms with Gasteiger partial charge >= 0.3 is 0 Å². The number of nitrogens with zero attached hydrogens (tertiary/aromatic N) is 1. The summed E-state index contributed by atoms with van der Waals surface area (Å²) in [7, 11) is 1.76. The van der Waals surface area contributed by atoms with Crippen molar-refractivity contribution in [3.8, 4) is 6.07 Å². The molecule has 0 N–H and O–H groups in total. The molecule has 4 rings (SSSR count). The predicted molar refractivity (Wildman–Crippen MR) is 128 cm³/mol. The summed E-state index contributed by atoms with van der Waals surface area (Å²) in [5.74, 6) is 6.95. The van der Waals surface area contributed by atoms with Crippen molar-refractivity contribution in [3.63, 3.8) is 0 Å². The zero-order valence-electron chi connectivity index (χ0n) is 21.2. The highest BCUT2D eigenvalue weighted by atomic mass is 16.5. The van der Waals surface area contributed by atoms with Gasteiger partial charge in [0, 0.05) is 6.42 Å².